The molecule has 1 heterocycles. The summed E-state index contributed by atoms with van der Waals surface area (Å²) in [5, 5.41) is 12.6. The van der Waals surface area contributed by atoms with Crippen LogP contribution in [0.15, 0.2) is 109 Å². The fourth-order valence-electron chi connectivity index (χ4n) is 3.90. The molecule has 6 heteroatoms. The molecule has 1 fully saturated rings. The van der Waals surface area contributed by atoms with Gasteiger partial charge in [-0.05, 0) is 24.8 Å². The number of carbonyl (C=O) groups excluding carboxylic acids is 1. The third-order valence-corrected chi connectivity index (χ3v) is 5.84. The Morgan fingerprint density at radius 1 is 0.857 bits per heavy atom. The van der Waals surface area contributed by atoms with Gasteiger partial charge in [0.2, 0.25) is 5.91 Å². The smallest absolute Gasteiger partial charge is 0.236 e. The number of nitrogens with one attached hydrogen (secondary N) is 1. The van der Waals surface area contributed by atoms with Crippen molar-refractivity contribution in [2.75, 3.05) is 26.2 Å². The number of aliphatic hydroxyl groups is 1. The number of hydrogen-bond acceptors (Lipinski definition) is 3. The normalized spacial score (nSPS) is 12.9. The minimum atomic E-state index is 0. The van der Waals surface area contributed by atoms with Gasteiger partial charge in [-0.25, -0.2) is 36.4 Å². The molecule has 4 aromatic carbocycles. The summed E-state index contributed by atoms with van der Waals surface area (Å²) in [5.41, 5.74) is 2.37. The second-order valence-electron chi connectivity index (χ2n) is 8.18. The van der Waals surface area contributed by atoms with Crippen LogP contribution >= 0.6 is 0 Å². The Kier molecular flexibility index (Phi) is 16.0. The van der Waals surface area contributed by atoms with Gasteiger partial charge in [-0.3, -0.25) is 4.79 Å². The molecule has 0 bridgehead atoms. The van der Waals surface area contributed by atoms with E-state index in [0.29, 0.717) is 12.5 Å². The summed E-state index contributed by atoms with van der Waals surface area (Å²) in [7, 11) is 0. The molecule has 1 aliphatic rings. The van der Waals surface area contributed by atoms with Crippen molar-refractivity contribution in [3.8, 4) is 0 Å². The summed E-state index contributed by atoms with van der Waals surface area (Å²) >= 11 is 0. The first-order valence-corrected chi connectivity index (χ1v) is 11.7. The molecule has 0 aliphatic carbocycles. The van der Waals surface area contributed by atoms with Crippen LogP contribution in [0.5, 0.6) is 0 Å². The van der Waals surface area contributed by atoms with Gasteiger partial charge in [0, 0.05) is 53.8 Å². The van der Waals surface area contributed by atoms with Gasteiger partial charge >= 0.3 is 0 Å². The molecule has 1 saturated heterocycles. The molecule has 0 radical (unpaired) electrons. The Labute approximate surface area is 230 Å². The van der Waals surface area contributed by atoms with Gasteiger partial charge in [0.1, 0.15) is 0 Å². The first kappa shape index (κ1) is 30.9. The molecular formula is C29H34Fe2N2O2-8. The van der Waals surface area contributed by atoms with Gasteiger partial charge in [-0.15, -0.1) is 11.1 Å². The summed E-state index contributed by atoms with van der Waals surface area (Å²) in [4.78, 5) is 14.3. The molecule has 5 rings (SSSR count). The molecule has 0 saturated carbocycles. The second-order valence-corrected chi connectivity index (χ2v) is 8.18. The predicted octanol–water partition coefficient (Wildman–Crippen LogP) is 4.84. The maximum absolute atomic E-state index is 12.4. The number of rotatable bonds is 6. The van der Waals surface area contributed by atoms with Crippen LogP contribution in [0.4, 0.5) is 0 Å². The number of carbonyl (C=O) groups is 1. The molecule has 196 valence electrons. The van der Waals surface area contributed by atoms with E-state index in [1.807, 2.05) is 89.8 Å². The van der Waals surface area contributed by atoms with Crippen molar-refractivity contribution in [2.24, 2.45) is 5.92 Å². The Balaban J connectivity index is 0.000000423. The first-order valence-electron chi connectivity index (χ1n) is 11.7. The van der Waals surface area contributed by atoms with Gasteiger partial charge in [0.05, 0.1) is 6.54 Å². The van der Waals surface area contributed by atoms with Crippen LogP contribution in [0.2, 0.25) is 0 Å². The predicted molar refractivity (Wildman–Crippen MR) is 134 cm³/mol. The summed E-state index contributed by atoms with van der Waals surface area (Å²) in [6.07, 6.45) is 1.80. The molecule has 0 unspecified atom stereocenters. The molecule has 0 atom stereocenters. The fourth-order valence-corrected chi connectivity index (χ4v) is 3.90. The largest absolute Gasteiger partial charge is 0.748 e. The second kappa shape index (κ2) is 18.1. The van der Waals surface area contributed by atoms with E-state index in [2.05, 4.69) is 29.6 Å². The summed E-state index contributed by atoms with van der Waals surface area (Å²) < 4.78 is 0. The Bertz CT molecular complexity index is 846. The topological polar surface area (TPSA) is 52.6 Å². The summed E-state index contributed by atoms with van der Waals surface area (Å²) in [6, 6.07) is 36.5. The van der Waals surface area contributed by atoms with Gasteiger partial charge in [-0.1, -0.05) is 0 Å². The van der Waals surface area contributed by atoms with Gasteiger partial charge in [0.25, 0.3) is 0 Å². The Hall–Kier alpha value is -2.17. The molecule has 4 aromatic rings. The van der Waals surface area contributed by atoms with Crippen LogP contribution in [0.25, 0.3) is 0 Å². The number of amides is 1. The molecule has 4 nitrogen and oxygen atoms in total. The number of aliphatic hydroxyl groups excluding tert-OH is 1. The number of likely N-dealkylation sites (tertiary alicyclic amines) is 1. The number of nitrogens with zero attached hydrogens (tertiary/aromatic N) is 1. The monoisotopic (exact) mass is 554 g/mol. The zero-order valence-corrected chi connectivity index (χ0v) is 22.0. The van der Waals surface area contributed by atoms with Crippen LogP contribution in [0, 0.1) is 5.92 Å². The van der Waals surface area contributed by atoms with Crippen LogP contribution in [-0.4, -0.2) is 42.2 Å². The van der Waals surface area contributed by atoms with Crippen LogP contribution in [0.1, 0.15) is 30.0 Å². The van der Waals surface area contributed by atoms with Crippen molar-refractivity contribution < 1.29 is 44.0 Å². The Morgan fingerprint density at radius 2 is 1.31 bits per heavy atom. The maximum Gasteiger partial charge on any atom is 0.236 e. The fraction of sp³-hybridized carbons (Fsp3) is 0.276. The van der Waals surface area contributed by atoms with E-state index in [0.717, 1.165) is 25.9 Å². The van der Waals surface area contributed by atoms with Gasteiger partial charge < -0.3 is 45.7 Å². The summed E-state index contributed by atoms with van der Waals surface area (Å²) in [5.74, 6) is 0.498. The van der Waals surface area contributed by atoms with Gasteiger partial charge in [-0.2, -0.15) is 42.5 Å². The molecule has 35 heavy (non-hydrogen) atoms. The first-order chi connectivity index (χ1) is 16.3. The molecule has 0 aromatic heterocycles. The molecule has 1 amide bonds. The third-order valence-electron chi connectivity index (χ3n) is 5.84. The van der Waals surface area contributed by atoms with E-state index >= 15 is 0 Å². The van der Waals surface area contributed by atoms with Crippen LogP contribution in [0.3, 0.4) is 0 Å². The minimum Gasteiger partial charge on any atom is -0.748 e. The standard InChI is InChI=1S/C19H24N2O2.2C5H5.2Fe/c22-14-15-9-11-21(12-10-15)18(23)13-20-19(16-5-1-2-6-16)17-7-3-4-8-17;2*1-2-4-5-3-1;;/h1-8,15,19-20,22H,9-14H2;2*1-5H;;/q-2;-5;-1;;. The number of hydrogen-bond donors (Lipinski definition) is 2. The number of piperidine rings is 1. The molecular weight excluding hydrogens is 520 g/mol. The van der Waals surface area contributed by atoms with Crippen molar-refractivity contribution in [3.63, 3.8) is 0 Å². The van der Waals surface area contributed by atoms with Crippen molar-refractivity contribution in [2.45, 2.75) is 18.9 Å². The average Bonchev–Trinajstić information content (AvgIpc) is 3.70. The van der Waals surface area contributed by atoms with E-state index in [1.54, 1.807) is 0 Å². The van der Waals surface area contributed by atoms with Gasteiger partial charge in [0.15, 0.2) is 0 Å². The third kappa shape index (κ3) is 11.0. The van der Waals surface area contributed by atoms with Crippen LogP contribution < -0.4 is 5.32 Å². The SMILES string of the molecule is O=C(CNC([c-]1cccc1)[c-]1cccc1)N1CCC(CO)CC1.[Fe].[Fe].[cH-]1[cH-][cH-][cH-][cH-]1.c1cc[cH-]c1. The van der Waals surface area contributed by atoms with Crippen LogP contribution in [-0.2, 0) is 38.9 Å². The summed E-state index contributed by atoms with van der Waals surface area (Å²) in [6.45, 7) is 2.08. The van der Waals surface area contributed by atoms with E-state index in [9.17, 15) is 9.90 Å². The van der Waals surface area contributed by atoms with E-state index < -0.39 is 0 Å². The van der Waals surface area contributed by atoms with Crippen molar-refractivity contribution in [1.82, 2.24) is 10.2 Å². The van der Waals surface area contributed by atoms with Crippen molar-refractivity contribution >= 4 is 5.91 Å². The van der Waals surface area contributed by atoms with E-state index in [-0.39, 0.29) is 52.7 Å². The maximum atomic E-state index is 12.4. The van der Waals surface area contributed by atoms with Crippen molar-refractivity contribution in [1.29, 1.82) is 0 Å². The quantitative estimate of drug-likeness (QED) is 0.265. The zero-order valence-electron chi connectivity index (χ0n) is 19.8. The van der Waals surface area contributed by atoms with Crippen molar-refractivity contribution in [3.05, 3.63) is 120 Å². The molecule has 1 aliphatic heterocycles. The molecule has 2 N–H and O–H groups in total. The Morgan fingerprint density at radius 3 is 1.69 bits per heavy atom. The van der Waals surface area contributed by atoms with E-state index in [1.165, 1.54) is 11.1 Å². The minimum absolute atomic E-state index is 0. The average molecular weight is 554 g/mol. The van der Waals surface area contributed by atoms with E-state index in [4.69, 9.17) is 0 Å². The molecule has 0 spiro atoms. The zero-order chi connectivity index (χ0) is 23.1.